The lowest BCUT2D eigenvalue weighted by molar-refractivity contribution is -0.122. The summed E-state index contributed by atoms with van der Waals surface area (Å²) in [5.41, 5.74) is 2.44. The highest BCUT2D eigenvalue weighted by Crippen LogP contribution is 2.26. The van der Waals surface area contributed by atoms with Gasteiger partial charge in [-0.15, -0.1) is 0 Å². The molecule has 154 valence electrons. The number of hydrogen-bond donors (Lipinski definition) is 1. The Balaban J connectivity index is 1.63. The SMILES string of the molecule is CC(=O)c1ccc(-c2ccc(/C=C3\C(=O)NC(=O)N(c4ccc(C)cc4)C3=O)o2)cc1. The zero-order chi connectivity index (χ0) is 22.1. The van der Waals surface area contributed by atoms with Crippen molar-refractivity contribution in [3.8, 4) is 11.3 Å². The van der Waals surface area contributed by atoms with Crippen molar-refractivity contribution in [3.63, 3.8) is 0 Å². The van der Waals surface area contributed by atoms with Crippen LogP contribution in [0.5, 0.6) is 0 Å². The molecule has 0 atom stereocenters. The Morgan fingerprint density at radius 1 is 0.935 bits per heavy atom. The third kappa shape index (κ3) is 3.93. The van der Waals surface area contributed by atoms with E-state index in [4.69, 9.17) is 4.42 Å². The second-order valence-corrected chi connectivity index (χ2v) is 7.13. The summed E-state index contributed by atoms with van der Waals surface area (Å²) in [6, 6.07) is 16.2. The van der Waals surface area contributed by atoms with Crippen LogP contribution in [0.15, 0.2) is 70.7 Å². The topological polar surface area (TPSA) is 96.7 Å². The summed E-state index contributed by atoms with van der Waals surface area (Å²) in [4.78, 5) is 49.8. The van der Waals surface area contributed by atoms with E-state index in [1.54, 1.807) is 60.7 Å². The monoisotopic (exact) mass is 414 g/mol. The number of hydrogen-bond acceptors (Lipinski definition) is 5. The summed E-state index contributed by atoms with van der Waals surface area (Å²) in [6.07, 6.45) is 1.30. The average Bonchev–Trinajstić information content (AvgIpc) is 3.21. The van der Waals surface area contributed by atoms with Gasteiger partial charge in [0.25, 0.3) is 11.8 Å². The highest BCUT2D eigenvalue weighted by molar-refractivity contribution is 6.39. The normalized spacial score (nSPS) is 15.4. The summed E-state index contributed by atoms with van der Waals surface area (Å²) in [6.45, 7) is 3.38. The molecule has 7 heteroatoms. The number of carbonyl (C=O) groups is 4. The molecule has 1 N–H and O–H groups in total. The molecular formula is C24H18N2O5. The number of barbiturate groups is 1. The van der Waals surface area contributed by atoms with Crippen molar-refractivity contribution in [3.05, 3.63) is 83.1 Å². The standard InChI is InChI=1S/C24H18N2O5/c1-14-3-9-18(10-4-14)26-23(29)20(22(28)25-24(26)30)13-19-11-12-21(31-19)17-7-5-16(6-8-17)15(2)27/h3-13H,1-2H3,(H,25,28,30)/b20-13+. The van der Waals surface area contributed by atoms with Gasteiger partial charge in [0.2, 0.25) is 0 Å². The molecule has 1 saturated heterocycles. The van der Waals surface area contributed by atoms with Crippen LogP contribution in [0.25, 0.3) is 17.4 Å². The van der Waals surface area contributed by atoms with Gasteiger partial charge in [0.05, 0.1) is 5.69 Å². The highest BCUT2D eigenvalue weighted by atomic mass is 16.3. The molecule has 4 amide bonds. The van der Waals surface area contributed by atoms with Crippen molar-refractivity contribution in [1.29, 1.82) is 0 Å². The molecule has 1 aliphatic heterocycles. The van der Waals surface area contributed by atoms with Crippen LogP contribution < -0.4 is 10.2 Å². The Hall–Kier alpha value is -4.26. The van der Waals surface area contributed by atoms with Gasteiger partial charge < -0.3 is 4.42 Å². The van der Waals surface area contributed by atoms with Crippen molar-refractivity contribution in [2.24, 2.45) is 0 Å². The molecule has 31 heavy (non-hydrogen) atoms. The van der Waals surface area contributed by atoms with E-state index in [1.807, 2.05) is 6.92 Å². The fraction of sp³-hybridized carbons (Fsp3) is 0.0833. The first-order chi connectivity index (χ1) is 14.8. The molecule has 0 radical (unpaired) electrons. The van der Waals surface area contributed by atoms with Gasteiger partial charge in [-0.1, -0.05) is 42.0 Å². The van der Waals surface area contributed by atoms with Gasteiger partial charge in [0.15, 0.2) is 5.78 Å². The molecule has 7 nitrogen and oxygen atoms in total. The molecule has 1 aromatic heterocycles. The Bertz CT molecular complexity index is 1230. The summed E-state index contributed by atoms with van der Waals surface area (Å²) >= 11 is 0. The minimum atomic E-state index is -0.804. The predicted molar refractivity (Wildman–Crippen MR) is 114 cm³/mol. The Morgan fingerprint density at radius 2 is 1.61 bits per heavy atom. The second kappa shape index (κ2) is 7.87. The smallest absolute Gasteiger partial charge is 0.335 e. The molecule has 0 aliphatic carbocycles. The van der Waals surface area contributed by atoms with Crippen molar-refractivity contribution in [2.75, 3.05) is 4.90 Å². The van der Waals surface area contributed by atoms with Crippen LogP contribution in [0.4, 0.5) is 10.5 Å². The van der Waals surface area contributed by atoms with E-state index in [2.05, 4.69) is 5.32 Å². The van der Waals surface area contributed by atoms with Crippen molar-refractivity contribution < 1.29 is 23.6 Å². The van der Waals surface area contributed by atoms with Crippen LogP contribution in [-0.2, 0) is 9.59 Å². The Morgan fingerprint density at radius 3 is 2.26 bits per heavy atom. The molecule has 0 bridgehead atoms. The van der Waals surface area contributed by atoms with Gasteiger partial charge >= 0.3 is 6.03 Å². The first kappa shape index (κ1) is 20.0. The molecular weight excluding hydrogens is 396 g/mol. The van der Waals surface area contributed by atoms with Crippen LogP contribution in [0.1, 0.15) is 28.6 Å². The number of Topliss-reactive ketones (excluding diaryl/α,β-unsaturated/α-hetero) is 1. The number of urea groups is 1. The van der Waals surface area contributed by atoms with Crippen molar-refractivity contribution >= 4 is 35.4 Å². The van der Waals surface area contributed by atoms with Gasteiger partial charge in [-0.3, -0.25) is 19.7 Å². The molecule has 1 aliphatic rings. The number of amides is 4. The lowest BCUT2D eigenvalue weighted by Crippen LogP contribution is -2.54. The molecule has 4 rings (SSSR count). The minimum absolute atomic E-state index is 0.0362. The molecule has 2 heterocycles. The lowest BCUT2D eigenvalue weighted by Gasteiger charge is -2.26. The van der Waals surface area contributed by atoms with Crippen LogP contribution >= 0.6 is 0 Å². The first-order valence-electron chi connectivity index (χ1n) is 9.53. The number of nitrogens with zero attached hydrogens (tertiary/aromatic N) is 1. The van der Waals surface area contributed by atoms with Crippen LogP contribution in [0.2, 0.25) is 0 Å². The van der Waals surface area contributed by atoms with E-state index in [1.165, 1.54) is 13.0 Å². The number of benzene rings is 2. The third-order valence-corrected chi connectivity index (χ3v) is 4.88. The summed E-state index contributed by atoms with van der Waals surface area (Å²) in [7, 11) is 0. The van der Waals surface area contributed by atoms with Gasteiger partial charge in [-0.25, -0.2) is 9.69 Å². The van der Waals surface area contributed by atoms with E-state index >= 15 is 0 Å². The second-order valence-electron chi connectivity index (χ2n) is 7.13. The summed E-state index contributed by atoms with van der Waals surface area (Å²) in [5, 5.41) is 2.18. The maximum absolute atomic E-state index is 12.9. The molecule has 2 aromatic carbocycles. The molecule has 0 spiro atoms. The number of nitrogens with one attached hydrogen (secondary N) is 1. The fourth-order valence-corrected chi connectivity index (χ4v) is 3.18. The van der Waals surface area contributed by atoms with Gasteiger partial charge in [-0.05, 0) is 44.2 Å². The lowest BCUT2D eigenvalue weighted by atomic mass is 10.1. The van der Waals surface area contributed by atoms with E-state index < -0.39 is 17.8 Å². The minimum Gasteiger partial charge on any atom is -0.457 e. The maximum atomic E-state index is 12.9. The number of rotatable bonds is 4. The van der Waals surface area contributed by atoms with E-state index in [0.717, 1.165) is 16.0 Å². The van der Waals surface area contributed by atoms with E-state index in [-0.39, 0.29) is 17.1 Å². The quantitative estimate of drug-likeness (QED) is 0.393. The third-order valence-electron chi connectivity index (χ3n) is 4.88. The van der Waals surface area contributed by atoms with Crippen molar-refractivity contribution in [2.45, 2.75) is 13.8 Å². The van der Waals surface area contributed by atoms with Crippen LogP contribution in [0, 0.1) is 6.92 Å². The Kier molecular flexibility index (Phi) is 5.09. The summed E-state index contributed by atoms with van der Waals surface area (Å²) in [5.74, 6) is -0.770. The van der Waals surface area contributed by atoms with E-state index in [0.29, 0.717) is 17.0 Å². The zero-order valence-corrected chi connectivity index (χ0v) is 16.8. The van der Waals surface area contributed by atoms with Gasteiger partial charge in [0.1, 0.15) is 17.1 Å². The largest absolute Gasteiger partial charge is 0.457 e. The maximum Gasteiger partial charge on any atom is 0.335 e. The number of aryl methyl sites for hydroxylation is 1. The molecule has 0 saturated carbocycles. The number of imide groups is 2. The van der Waals surface area contributed by atoms with Crippen LogP contribution in [0.3, 0.4) is 0 Å². The zero-order valence-electron chi connectivity index (χ0n) is 16.8. The molecule has 1 fully saturated rings. The molecule has 0 unspecified atom stereocenters. The average molecular weight is 414 g/mol. The number of ketones is 1. The predicted octanol–water partition coefficient (Wildman–Crippen LogP) is 4.12. The molecule has 3 aromatic rings. The van der Waals surface area contributed by atoms with Crippen LogP contribution in [-0.4, -0.2) is 23.6 Å². The highest BCUT2D eigenvalue weighted by Gasteiger charge is 2.37. The number of anilines is 1. The van der Waals surface area contributed by atoms with Crippen molar-refractivity contribution in [1.82, 2.24) is 5.32 Å². The van der Waals surface area contributed by atoms with Gasteiger partial charge in [0, 0.05) is 11.1 Å². The van der Waals surface area contributed by atoms with Gasteiger partial charge in [-0.2, -0.15) is 0 Å². The Labute approximate surface area is 178 Å². The number of furan rings is 1. The van der Waals surface area contributed by atoms with E-state index in [9.17, 15) is 19.2 Å². The summed E-state index contributed by atoms with van der Waals surface area (Å²) < 4.78 is 5.76. The first-order valence-corrected chi connectivity index (χ1v) is 9.53. The number of carbonyl (C=O) groups excluding carboxylic acids is 4. The fourth-order valence-electron chi connectivity index (χ4n) is 3.18.